The predicted molar refractivity (Wildman–Crippen MR) is 67.1 cm³/mol. The van der Waals surface area contributed by atoms with Gasteiger partial charge in [-0.2, -0.15) is 0 Å². The highest BCUT2D eigenvalue weighted by Gasteiger charge is 2.16. The smallest absolute Gasteiger partial charge is 0.151 e. The second kappa shape index (κ2) is 6.24. The van der Waals surface area contributed by atoms with Crippen LogP contribution in [0.25, 0.3) is 0 Å². The molecule has 0 aliphatic heterocycles. The summed E-state index contributed by atoms with van der Waals surface area (Å²) in [5.41, 5.74) is -0.0635. The van der Waals surface area contributed by atoms with Gasteiger partial charge in [0.15, 0.2) is 9.84 Å². The molecule has 3 nitrogen and oxygen atoms in total. The Morgan fingerprint density at radius 1 is 1.28 bits per heavy atom. The lowest BCUT2D eigenvalue weighted by Gasteiger charge is -2.15. The zero-order valence-electron chi connectivity index (χ0n) is 10.4. The van der Waals surface area contributed by atoms with E-state index in [0.29, 0.717) is 0 Å². The lowest BCUT2D eigenvalue weighted by Crippen LogP contribution is -2.27. The monoisotopic (exact) mass is 277 g/mol. The molecule has 0 fully saturated rings. The molecular formula is C12H17F2NO2S. The summed E-state index contributed by atoms with van der Waals surface area (Å²) in [6, 6.07) is 3.08. The van der Waals surface area contributed by atoms with Gasteiger partial charge in [0.25, 0.3) is 0 Å². The molecule has 18 heavy (non-hydrogen) atoms. The Hall–Kier alpha value is -1.01. The van der Waals surface area contributed by atoms with Crippen LogP contribution in [0.1, 0.15) is 25.5 Å². The van der Waals surface area contributed by atoms with Crippen LogP contribution in [0.15, 0.2) is 18.2 Å². The van der Waals surface area contributed by atoms with Crippen molar-refractivity contribution in [2.75, 3.05) is 18.1 Å². The minimum absolute atomic E-state index is 0.0378. The average molecular weight is 277 g/mol. The first-order valence-corrected chi connectivity index (χ1v) is 7.57. The topological polar surface area (TPSA) is 46.2 Å². The molecule has 0 bridgehead atoms. The molecule has 6 heteroatoms. The van der Waals surface area contributed by atoms with E-state index < -0.39 is 27.5 Å². The Bertz CT molecular complexity index is 483. The summed E-state index contributed by atoms with van der Waals surface area (Å²) in [5.74, 6) is -1.23. The maximum atomic E-state index is 13.4. The van der Waals surface area contributed by atoms with E-state index in [2.05, 4.69) is 5.32 Å². The molecule has 102 valence electrons. The van der Waals surface area contributed by atoms with Crippen molar-refractivity contribution in [3.05, 3.63) is 35.4 Å². The number of rotatable bonds is 6. The van der Waals surface area contributed by atoms with E-state index in [0.717, 1.165) is 0 Å². The molecule has 0 amide bonds. The third-order valence-electron chi connectivity index (χ3n) is 2.74. The second-order valence-corrected chi connectivity index (χ2v) is 6.52. The van der Waals surface area contributed by atoms with Crippen LogP contribution in [0.4, 0.5) is 8.78 Å². The maximum Gasteiger partial charge on any atom is 0.151 e. The summed E-state index contributed by atoms with van der Waals surface area (Å²) in [4.78, 5) is 0. The molecule has 0 aliphatic rings. The normalized spacial score (nSPS) is 13.6. The molecule has 0 aliphatic carbocycles. The lowest BCUT2D eigenvalue weighted by atomic mass is 10.1. The number of halogens is 2. The van der Waals surface area contributed by atoms with Crippen LogP contribution >= 0.6 is 0 Å². The van der Waals surface area contributed by atoms with Crippen LogP contribution in [0, 0.1) is 11.6 Å². The van der Waals surface area contributed by atoms with Gasteiger partial charge in [-0.3, -0.25) is 0 Å². The van der Waals surface area contributed by atoms with Crippen LogP contribution in [0.5, 0.6) is 0 Å². The van der Waals surface area contributed by atoms with Crippen molar-refractivity contribution in [3.63, 3.8) is 0 Å². The summed E-state index contributed by atoms with van der Waals surface area (Å²) >= 11 is 0. The van der Waals surface area contributed by atoms with Gasteiger partial charge in [-0.1, -0.05) is 13.0 Å². The number of benzene rings is 1. The average Bonchev–Trinajstić information content (AvgIpc) is 2.28. The molecule has 1 N–H and O–H groups in total. The Morgan fingerprint density at radius 2 is 1.83 bits per heavy atom. The third-order valence-corrected chi connectivity index (χ3v) is 4.44. The molecule has 1 aromatic rings. The van der Waals surface area contributed by atoms with Gasteiger partial charge < -0.3 is 5.32 Å². The fourth-order valence-electron chi connectivity index (χ4n) is 1.60. The van der Waals surface area contributed by atoms with Crippen molar-refractivity contribution < 1.29 is 17.2 Å². The first kappa shape index (κ1) is 15.0. The van der Waals surface area contributed by atoms with Gasteiger partial charge in [-0.15, -0.1) is 0 Å². The highest BCUT2D eigenvalue weighted by Crippen LogP contribution is 2.19. The summed E-state index contributed by atoms with van der Waals surface area (Å²) in [7, 11) is -3.07. The SMILES string of the molecule is CCS(=O)(=O)CCNC(C)c1c(F)cccc1F. The largest absolute Gasteiger partial charge is 0.309 e. The van der Waals surface area contributed by atoms with E-state index in [1.165, 1.54) is 18.2 Å². The Balaban J connectivity index is 2.64. The molecule has 0 heterocycles. The molecule has 0 saturated carbocycles. The van der Waals surface area contributed by atoms with Gasteiger partial charge >= 0.3 is 0 Å². The fraction of sp³-hybridized carbons (Fsp3) is 0.500. The van der Waals surface area contributed by atoms with Gasteiger partial charge in [-0.05, 0) is 19.1 Å². The Kier molecular flexibility index (Phi) is 5.22. The molecule has 0 aromatic heterocycles. The van der Waals surface area contributed by atoms with Crippen molar-refractivity contribution in [1.82, 2.24) is 5.32 Å². The zero-order chi connectivity index (χ0) is 13.8. The van der Waals surface area contributed by atoms with E-state index in [9.17, 15) is 17.2 Å². The van der Waals surface area contributed by atoms with Crippen molar-refractivity contribution >= 4 is 9.84 Å². The van der Waals surface area contributed by atoms with E-state index in [-0.39, 0.29) is 23.6 Å². The highest BCUT2D eigenvalue weighted by molar-refractivity contribution is 7.91. The van der Waals surface area contributed by atoms with Crippen LogP contribution in [-0.4, -0.2) is 26.5 Å². The van der Waals surface area contributed by atoms with Gasteiger partial charge in [0.1, 0.15) is 11.6 Å². The number of hydrogen-bond acceptors (Lipinski definition) is 3. The minimum Gasteiger partial charge on any atom is -0.309 e. The molecular weight excluding hydrogens is 260 g/mol. The lowest BCUT2D eigenvalue weighted by molar-refractivity contribution is 0.495. The van der Waals surface area contributed by atoms with E-state index >= 15 is 0 Å². The minimum atomic E-state index is -3.07. The first-order valence-electron chi connectivity index (χ1n) is 5.75. The molecule has 1 unspecified atom stereocenters. The second-order valence-electron chi connectivity index (χ2n) is 4.05. The Morgan fingerprint density at radius 3 is 2.33 bits per heavy atom. The van der Waals surface area contributed by atoms with Crippen molar-refractivity contribution in [3.8, 4) is 0 Å². The molecule has 1 rings (SSSR count). The van der Waals surface area contributed by atoms with Gasteiger partial charge in [0.05, 0.1) is 5.75 Å². The van der Waals surface area contributed by atoms with Crippen molar-refractivity contribution in [1.29, 1.82) is 0 Å². The standard InChI is InChI=1S/C12H17F2NO2S/c1-3-18(16,17)8-7-15-9(2)12-10(13)5-4-6-11(12)14/h4-6,9,15H,3,7-8H2,1-2H3. The van der Waals surface area contributed by atoms with Crippen molar-refractivity contribution in [2.45, 2.75) is 19.9 Å². The predicted octanol–water partition coefficient (Wildman–Crippen LogP) is 2.05. The quantitative estimate of drug-likeness (QED) is 0.865. The van der Waals surface area contributed by atoms with Gasteiger partial charge in [-0.25, -0.2) is 17.2 Å². The summed E-state index contributed by atoms with van der Waals surface area (Å²) in [6.07, 6.45) is 0. The Labute approximate surface area is 106 Å². The summed E-state index contributed by atoms with van der Waals surface area (Å²) in [5, 5.41) is 2.81. The summed E-state index contributed by atoms with van der Waals surface area (Å²) < 4.78 is 49.4. The number of hydrogen-bond donors (Lipinski definition) is 1. The van der Waals surface area contributed by atoms with Crippen LogP contribution in [0.3, 0.4) is 0 Å². The maximum absolute atomic E-state index is 13.4. The zero-order valence-corrected chi connectivity index (χ0v) is 11.2. The van der Waals surface area contributed by atoms with Crippen LogP contribution in [-0.2, 0) is 9.84 Å². The molecule has 0 spiro atoms. The molecule has 0 saturated heterocycles. The first-order chi connectivity index (χ1) is 8.37. The van der Waals surface area contributed by atoms with Gasteiger partial charge in [0.2, 0.25) is 0 Å². The fourth-order valence-corrected chi connectivity index (χ4v) is 2.32. The van der Waals surface area contributed by atoms with Gasteiger partial charge in [0, 0.05) is 23.9 Å². The van der Waals surface area contributed by atoms with E-state index in [1.54, 1.807) is 13.8 Å². The number of nitrogens with one attached hydrogen (secondary N) is 1. The van der Waals surface area contributed by atoms with Crippen LogP contribution in [0.2, 0.25) is 0 Å². The summed E-state index contributed by atoms with van der Waals surface area (Å²) in [6.45, 7) is 3.33. The van der Waals surface area contributed by atoms with E-state index in [1.807, 2.05) is 0 Å². The molecule has 1 aromatic carbocycles. The number of sulfone groups is 1. The van der Waals surface area contributed by atoms with Crippen molar-refractivity contribution in [2.24, 2.45) is 0 Å². The van der Waals surface area contributed by atoms with Crippen LogP contribution < -0.4 is 5.32 Å². The third kappa shape index (κ3) is 4.03. The molecule has 1 atom stereocenters. The highest BCUT2D eigenvalue weighted by atomic mass is 32.2. The molecule has 0 radical (unpaired) electrons. The van der Waals surface area contributed by atoms with E-state index in [4.69, 9.17) is 0 Å².